The predicted octanol–water partition coefficient (Wildman–Crippen LogP) is 4.47. The summed E-state index contributed by atoms with van der Waals surface area (Å²) >= 11 is 11.2. The van der Waals surface area contributed by atoms with Gasteiger partial charge in [0.15, 0.2) is 4.34 Å². The van der Waals surface area contributed by atoms with Crippen molar-refractivity contribution in [2.75, 3.05) is 11.5 Å². The zero-order valence-corrected chi connectivity index (χ0v) is 12.2. The van der Waals surface area contributed by atoms with Crippen molar-refractivity contribution in [2.45, 2.75) is 15.7 Å². The van der Waals surface area contributed by atoms with Crippen LogP contribution in [0, 0.1) is 0 Å². The second-order valence-electron chi connectivity index (χ2n) is 3.19. The van der Waals surface area contributed by atoms with Gasteiger partial charge in [-0.1, -0.05) is 46.8 Å². The Hall–Kier alpha value is -0.230. The van der Waals surface area contributed by atoms with E-state index >= 15 is 0 Å². The van der Waals surface area contributed by atoms with Crippen molar-refractivity contribution in [3.05, 3.63) is 34.8 Å². The van der Waals surface area contributed by atoms with E-state index in [0.717, 1.165) is 32.2 Å². The maximum atomic E-state index is 6.08. The zero-order chi connectivity index (χ0) is 11.9. The summed E-state index contributed by atoms with van der Waals surface area (Å²) in [6.45, 7) is 0. The fourth-order valence-corrected chi connectivity index (χ4v) is 4.06. The van der Waals surface area contributed by atoms with Gasteiger partial charge in [0.25, 0.3) is 0 Å². The minimum Gasteiger partial charge on any atom is -0.146 e. The smallest absolute Gasteiger partial charge is 0.146 e. The zero-order valence-electron chi connectivity index (χ0n) is 9.01. The topological polar surface area (TPSA) is 25.8 Å². The number of halogens is 1. The summed E-state index contributed by atoms with van der Waals surface area (Å²) in [6, 6.07) is 7.96. The van der Waals surface area contributed by atoms with Crippen LogP contribution in [0.5, 0.6) is 0 Å². The molecule has 0 saturated heterocycles. The highest BCUT2D eigenvalue weighted by Crippen LogP contribution is 2.28. The lowest BCUT2D eigenvalue weighted by Gasteiger charge is -2.02. The van der Waals surface area contributed by atoms with E-state index in [4.69, 9.17) is 11.6 Å². The van der Waals surface area contributed by atoms with Crippen LogP contribution < -0.4 is 0 Å². The molecule has 0 spiro atoms. The van der Waals surface area contributed by atoms with Crippen molar-refractivity contribution in [1.29, 1.82) is 0 Å². The minimum atomic E-state index is 0.842. The van der Waals surface area contributed by atoms with E-state index in [0.29, 0.717) is 0 Å². The molecule has 1 aromatic heterocycles. The van der Waals surface area contributed by atoms with Crippen LogP contribution in [0.3, 0.4) is 0 Å². The molecule has 90 valence electrons. The normalized spacial score (nSPS) is 10.6. The first-order valence-corrected chi connectivity index (χ1v) is 8.35. The molecule has 0 N–H and O–H groups in total. The lowest BCUT2D eigenvalue weighted by atomic mass is 10.4. The van der Waals surface area contributed by atoms with Gasteiger partial charge in [0, 0.05) is 10.6 Å². The molecule has 1 aromatic carbocycles. The number of benzene rings is 1. The Bertz CT molecular complexity index is 448. The van der Waals surface area contributed by atoms with E-state index < -0.39 is 0 Å². The number of aromatic nitrogens is 2. The first-order chi connectivity index (χ1) is 8.36. The molecule has 0 aliphatic carbocycles. The van der Waals surface area contributed by atoms with Crippen molar-refractivity contribution in [3.63, 3.8) is 0 Å². The predicted molar refractivity (Wildman–Crippen MR) is 77.4 cm³/mol. The molecular formula is C11H11ClN2S3. The summed E-state index contributed by atoms with van der Waals surface area (Å²) in [5.74, 6) is 2.15. The molecule has 0 bridgehead atoms. The van der Waals surface area contributed by atoms with Crippen LogP contribution in [0.25, 0.3) is 0 Å². The molecule has 0 unspecified atom stereocenters. The number of thioether (sulfide) groups is 2. The first-order valence-electron chi connectivity index (χ1n) is 5.12. The summed E-state index contributed by atoms with van der Waals surface area (Å²) in [6.07, 6.45) is 1.14. The molecule has 0 aliphatic rings. The Kier molecular flexibility index (Phi) is 5.64. The van der Waals surface area contributed by atoms with Gasteiger partial charge < -0.3 is 0 Å². The summed E-state index contributed by atoms with van der Waals surface area (Å²) in [4.78, 5) is 1.16. The van der Waals surface area contributed by atoms with Crippen LogP contribution in [0.4, 0.5) is 0 Å². The maximum absolute atomic E-state index is 6.08. The SMILES string of the molecule is Clc1ccccc1SCCCSc1nncs1. The molecule has 1 heterocycles. The quantitative estimate of drug-likeness (QED) is 0.581. The number of hydrogen-bond acceptors (Lipinski definition) is 5. The van der Waals surface area contributed by atoms with E-state index in [2.05, 4.69) is 16.3 Å². The summed E-state index contributed by atoms with van der Waals surface area (Å²) in [5, 5.41) is 8.64. The second kappa shape index (κ2) is 7.26. The van der Waals surface area contributed by atoms with Gasteiger partial charge in [-0.15, -0.1) is 22.0 Å². The molecule has 0 saturated carbocycles. The third kappa shape index (κ3) is 4.50. The largest absolute Gasteiger partial charge is 0.174 e. The van der Waals surface area contributed by atoms with E-state index in [1.165, 1.54) is 0 Å². The Morgan fingerprint density at radius 2 is 2.00 bits per heavy atom. The molecule has 0 radical (unpaired) electrons. The van der Waals surface area contributed by atoms with Gasteiger partial charge in [0.05, 0.1) is 5.02 Å². The summed E-state index contributed by atoms with van der Waals surface area (Å²) < 4.78 is 1.05. The lowest BCUT2D eigenvalue weighted by Crippen LogP contribution is -1.84. The molecule has 0 atom stereocenters. The van der Waals surface area contributed by atoms with Crippen LogP contribution in [0.1, 0.15) is 6.42 Å². The van der Waals surface area contributed by atoms with Gasteiger partial charge in [0.2, 0.25) is 0 Å². The van der Waals surface area contributed by atoms with Crippen molar-refractivity contribution in [2.24, 2.45) is 0 Å². The van der Waals surface area contributed by atoms with Crippen molar-refractivity contribution >= 4 is 46.5 Å². The van der Waals surface area contributed by atoms with E-state index in [1.54, 1.807) is 40.4 Å². The van der Waals surface area contributed by atoms with Crippen molar-refractivity contribution < 1.29 is 0 Å². The Morgan fingerprint density at radius 1 is 1.18 bits per heavy atom. The van der Waals surface area contributed by atoms with E-state index in [1.807, 2.05) is 18.2 Å². The Morgan fingerprint density at radius 3 is 2.76 bits per heavy atom. The number of hydrogen-bond donors (Lipinski definition) is 0. The molecule has 6 heteroatoms. The maximum Gasteiger partial charge on any atom is 0.174 e. The summed E-state index contributed by atoms with van der Waals surface area (Å²) in [5.41, 5.74) is 1.76. The standard InChI is InChI=1S/C11H11ClN2S3/c12-9-4-1-2-5-10(9)15-6-3-7-16-11-14-13-8-17-11/h1-2,4-5,8H,3,6-7H2. The molecule has 2 nitrogen and oxygen atoms in total. The van der Waals surface area contributed by atoms with Gasteiger partial charge in [-0.05, 0) is 24.3 Å². The molecule has 17 heavy (non-hydrogen) atoms. The fraction of sp³-hybridized carbons (Fsp3) is 0.273. The van der Waals surface area contributed by atoms with Crippen LogP contribution in [-0.4, -0.2) is 21.7 Å². The average molecular weight is 303 g/mol. The summed E-state index contributed by atoms with van der Waals surface area (Å²) in [7, 11) is 0. The van der Waals surface area contributed by atoms with Crippen LogP contribution in [0.15, 0.2) is 39.0 Å². The third-order valence-corrected chi connectivity index (χ3v) is 5.50. The van der Waals surface area contributed by atoms with Gasteiger partial charge in [0.1, 0.15) is 5.51 Å². The molecule has 2 rings (SSSR count). The molecule has 0 aliphatic heterocycles. The fourth-order valence-electron chi connectivity index (χ4n) is 1.19. The molecule has 0 amide bonds. The average Bonchev–Trinajstić information content (AvgIpc) is 2.84. The minimum absolute atomic E-state index is 0.842. The number of nitrogens with zero attached hydrogens (tertiary/aromatic N) is 2. The Labute approximate surface area is 118 Å². The van der Waals surface area contributed by atoms with Crippen molar-refractivity contribution in [3.8, 4) is 0 Å². The second-order valence-corrected chi connectivity index (χ2v) is 6.90. The van der Waals surface area contributed by atoms with E-state index in [-0.39, 0.29) is 0 Å². The highest BCUT2D eigenvalue weighted by molar-refractivity contribution is 8.01. The van der Waals surface area contributed by atoms with E-state index in [9.17, 15) is 0 Å². The molecule has 0 fully saturated rings. The Balaban J connectivity index is 1.65. The monoisotopic (exact) mass is 302 g/mol. The highest BCUT2D eigenvalue weighted by Gasteiger charge is 2.00. The molecular weight excluding hydrogens is 292 g/mol. The first kappa shape index (κ1) is 13.2. The third-order valence-electron chi connectivity index (χ3n) is 1.95. The lowest BCUT2D eigenvalue weighted by molar-refractivity contribution is 1.01. The van der Waals surface area contributed by atoms with Crippen LogP contribution in [0.2, 0.25) is 5.02 Å². The van der Waals surface area contributed by atoms with Crippen molar-refractivity contribution in [1.82, 2.24) is 10.2 Å². The van der Waals surface area contributed by atoms with Gasteiger partial charge in [-0.2, -0.15) is 0 Å². The van der Waals surface area contributed by atoms with Gasteiger partial charge in [-0.25, -0.2) is 0 Å². The van der Waals surface area contributed by atoms with Crippen LogP contribution >= 0.6 is 46.5 Å². The van der Waals surface area contributed by atoms with Gasteiger partial charge >= 0.3 is 0 Å². The highest BCUT2D eigenvalue weighted by atomic mass is 35.5. The van der Waals surface area contributed by atoms with Gasteiger partial charge in [-0.3, -0.25) is 0 Å². The van der Waals surface area contributed by atoms with Crippen LogP contribution in [-0.2, 0) is 0 Å². The number of rotatable bonds is 6. The molecule has 2 aromatic rings.